The van der Waals surface area contributed by atoms with Gasteiger partial charge in [-0.3, -0.25) is 0 Å². The molecule has 3 heteroatoms. The van der Waals surface area contributed by atoms with Gasteiger partial charge in [0.25, 0.3) is 0 Å². The Hall–Kier alpha value is -2.42. The molecule has 1 aromatic heterocycles. The first-order chi connectivity index (χ1) is 11.2. The fraction of sp³-hybridized carbons (Fsp3) is 0.0500. The van der Waals surface area contributed by atoms with Gasteiger partial charge in [-0.25, -0.2) is 4.98 Å². The molecule has 2 nitrogen and oxygen atoms in total. The van der Waals surface area contributed by atoms with Crippen molar-refractivity contribution in [2.24, 2.45) is 0 Å². The van der Waals surface area contributed by atoms with Gasteiger partial charge in [0.05, 0.1) is 17.8 Å². The van der Waals surface area contributed by atoms with Gasteiger partial charge in [-0.15, -0.1) is 0 Å². The standard InChI is InChI=1S/C20H16ClNO/c21-18-10-8-17-9-12-19(22-20(17)14-18)11-7-16-5-3-15(4-6-16)2-1-13-23/h1-12,14,23H,13H2/b2-1+,11-7+. The Balaban J connectivity index is 1.80. The minimum absolute atomic E-state index is 0.0549. The second kappa shape index (κ2) is 7.23. The fourth-order valence-corrected chi connectivity index (χ4v) is 2.45. The molecule has 3 rings (SSSR count). The SMILES string of the molecule is OC/C=C/c1ccc(/C=C/c2ccc3ccc(Cl)cc3n2)cc1. The Bertz CT molecular complexity index is 866. The van der Waals surface area contributed by atoms with E-state index in [1.54, 1.807) is 6.08 Å². The van der Waals surface area contributed by atoms with E-state index in [2.05, 4.69) is 4.98 Å². The summed E-state index contributed by atoms with van der Waals surface area (Å²) in [4.78, 5) is 4.60. The van der Waals surface area contributed by atoms with Gasteiger partial charge in [-0.2, -0.15) is 0 Å². The van der Waals surface area contributed by atoms with E-state index in [-0.39, 0.29) is 6.61 Å². The van der Waals surface area contributed by atoms with Crippen molar-refractivity contribution >= 4 is 40.7 Å². The van der Waals surface area contributed by atoms with E-state index >= 15 is 0 Å². The molecule has 0 saturated carbocycles. The Morgan fingerprint density at radius 1 is 0.870 bits per heavy atom. The summed E-state index contributed by atoms with van der Waals surface area (Å²) in [6.45, 7) is 0.0549. The number of aliphatic hydroxyl groups excluding tert-OH is 1. The molecule has 114 valence electrons. The van der Waals surface area contributed by atoms with Crippen LogP contribution in [0, 0.1) is 0 Å². The lowest BCUT2D eigenvalue weighted by molar-refractivity contribution is 0.343. The molecule has 0 radical (unpaired) electrons. The van der Waals surface area contributed by atoms with E-state index in [1.165, 1.54) is 0 Å². The zero-order chi connectivity index (χ0) is 16.1. The maximum Gasteiger partial charge on any atom is 0.0724 e. The number of nitrogens with zero attached hydrogens (tertiary/aromatic N) is 1. The summed E-state index contributed by atoms with van der Waals surface area (Å²) >= 11 is 6.02. The fourth-order valence-electron chi connectivity index (χ4n) is 2.29. The van der Waals surface area contributed by atoms with Crippen LogP contribution in [0.3, 0.4) is 0 Å². The largest absolute Gasteiger partial charge is 0.392 e. The Morgan fingerprint density at radius 2 is 1.57 bits per heavy atom. The molecule has 3 aromatic rings. The quantitative estimate of drug-likeness (QED) is 0.728. The number of aliphatic hydroxyl groups is 1. The second-order valence-corrected chi connectivity index (χ2v) is 5.59. The summed E-state index contributed by atoms with van der Waals surface area (Å²) < 4.78 is 0. The Labute approximate surface area is 140 Å². The normalized spacial score (nSPS) is 11.7. The molecule has 0 fully saturated rings. The molecule has 0 amide bonds. The number of halogens is 1. The third-order valence-electron chi connectivity index (χ3n) is 3.47. The topological polar surface area (TPSA) is 33.1 Å². The van der Waals surface area contributed by atoms with E-state index in [0.29, 0.717) is 5.02 Å². The molecule has 0 unspecified atom stereocenters. The van der Waals surface area contributed by atoms with Gasteiger partial charge in [0.1, 0.15) is 0 Å². The molecule has 0 atom stereocenters. The van der Waals surface area contributed by atoms with Crippen molar-refractivity contribution in [1.82, 2.24) is 4.98 Å². The van der Waals surface area contributed by atoms with Gasteiger partial charge in [0.15, 0.2) is 0 Å². The molecular formula is C20H16ClNO. The summed E-state index contributed by atoms with van der Waals surface area (Å²) in [5.41, 5.74) is 3.95. The number of benzene rings is 2. The number of hydrogen-bond acceptors (Lipinski definition) is 2. The first-order valence-corrected chi connectivity index (χ1v) is 7.74. The highest BCUT2D eigenvalue weighted by atomic mass is 35.5. The van der Waals surface area contributed by atoms with Crippen molar-refractivity contribution in [2.45, 2.75) is 0 Å². The Kier molecular flexibility index (Phi) is 4.86. The molecule has 0 aliphatic rings. The molecule has 2 aromatic carbocycles. The maximum absolute atomic E-state index is 8.77. The van der Waals surface area contributed by atoms with E-state index in [0.717, 1.165) is 27.7 Å². The first kappa shape index (κ1) is 15.5. The Morgan fingerprint density at radius 3 is 2.30 bits per heavy atom. The van der Waals surface area contributed by atoms with E-state index in [4.69, 9.17) is 16.7 Å². The maximum atomic E-state index is 8.77. The number of fused-ring (bicyclic) bond motifs is 1. The van der Waals surface area contributed by atoms with Crippen LogP contribution in [0.15, 0.2) is 60.7 Å². The minimum Gasteiger partial charge on any atom is -0.392 e. The molecule has 0 saturated heterocycles. The summed E-state index contributed by atoms with van der Waals surface area (Å²) in [6, 6.07) is 17.8. The average Bonchev–Trinajstić information content (AvgIpc) is 2.58. The highest BCUT2D eigenvalue weighted by Crippen LogP contribution is 2.19. The van der Waals surface area contributed by atoms with Gasteiger partial charge >= 0.3 is 0 Å². The third kappa shape index (κ3) is 4.07. The van der Waals surface area contributed by atoms with Gasteiger partial charge in [0.2, 0.25) is 0 Å². The zero-order valence-corrected chi connectivity index (χ0v) is 13.2. The molecule has 0 aliphatic heterocycles. The van der Waals surface area contributed by atoms with Crippen LogP contribution >= 0.6 is 11.6 Å². The predicted octanol–water partition coefficient (Wildman–Crippen LogP) is 5.06. The van der Waals surface area contributed by atoms with Gasteiger partial charge in [0, 0.05) is 10.4 Å². The van der Waals surface area contributed by atoms with Crippen molar-refractivity contribution in [1.29, 1.82) is 0 Å². The van der Waals surface area contributed by atoms with Crippen molar-refractivity contribution < 1.29 is 5.11 Å². The van der Waals surface area contributed by atoms with Crippen molar-refractivity contribution in [3.05, 3.63) is 82.5 Å². The van der Waals surface area contributed by atoms with Crippen molar-refractivity contribution in [2.75, 3.05) is 6.61 Å². The van der Waals surface area contributed by atoms with E-state index < -0.39 is 0 Å². The summed E-state index contributed by atoms with van der Waals surface area (Å²) in [6.07, 6.45) is 7.62. The highest BCUT2D eigenvalue weighted by Gasteiger charge is 1.97. The molecule has 0 bridgehead atoms. The van der Waals surface area contributed by atoms with Crippen LogP contribution in [-0.4, -0.2) is 16.7 Å². The van der Waals surface area contributed by atoms with Crippen LogP contribution in [-0.2, 0) is 0 Å². The predicted molar refractivity (Wildman–Crippen MR) is 98.2 cm³/mol. The zero-order valence-electron chi connectivity index (χ0n) is 12.5. The molecular weight excluding hydrogens is 306 g/mol. The lowest BCUT2D eigenvalue weighted by atomic mass is 10.1. The summed E-state index contributed by atoms with van der Waals surface area (Å²) in [7, 11) is 0. The van der Waals surface area contributed by atoms with Gasteiger partial charge in [-0.1, -0.05) is 66.2 Å². The van der Waals surface area contributed by atoms with Crippen LogP contribution in [0.2, 0.25) is 5.02 Å². The number of hydrogen-bond donors (Lipinski definition) is 1. The smallest absolute Gasteiger partial charge is 0.0724 e. The van der Waals surface area contributed by atoms with Crippen molar-refractivity contribution in [3.63, 3.8) is 0 Å². The van der Waals surface area contributed by atoms with Crippen LogP contribution in [0.1, 0.15) is 16.8 Å². The molecule has 0 spiro atoms. The number of rotatable bonds is 4. The van der Waals surface area contributed by atoms with Gasteiger partial charge < -0.3 is 5.11 Å². The van der Waals surface area contributed by atoms with Crippen LogP contribution < -0.4 is 0 Å². The second-order valence-electron chi connectivity index (χ2n) is 5.16. The monoisotopic (exact) mass is 321 g/mol. The summed E-state index contributed by atoms with van der Waals surface area (Å²) in [5, 5.41) is 10.5. The lowest BCUT2D eigenvalue weighted by Crippen LogP contribution is -1.83. The number of pyridine rings is 1. The third-order valence-corrected chi connectivity index (χ3v) is 3.71. The molecule has 1 N–H and O–H groups in total. The summed E-state index contributed by atoms with van der Waals surface area (Å²) in [5.74, 6) is 0. The highest BCUT2D eigenvalue weighted by molar-refractivity contribution is 6.31. The van der Waals surface area contributed by atoms with Crippen molar-refractivity contribution in [3.8, 4) is 0 Å². The molecule has 23 heavy (non-hydrogen) atoms. The first-order valence-electron chi connectivity index (χ1n) is 7.36. The van der Waals surface area contributed by atoms with E-state index in [1.807, 2.05) is 72.8 Å². The van der Waals surface area contributed by atoms with E-state index in [9.17, 15) is 0 Å². The van der Waals surface area contributed by atoms with Crippen LogP contribution in [0.5, 0.6) is 0 Å². The van der Waals surface area contributed by atoms with Gasteiger partial charge in [-0.05, 0) is 35.4 Å². The minimum atomic E-state index is 0.0549. The number of aromatic nitrogens is 1. The van der Waals surface area contributed by atoms with Crippen LogP contribution in [0.25, 0.3) is 29.1 Å². The molecule has 0 aliphatic carbocycles. The van der Waals surface area contributed by atoms with Crippen LogP contribution in [0.4, 0.5) is 0 Å². The molecule has 1 heterocycles. The lowest BCUT2D eigenvalue weighted by Gasteiger charge is -2.00. The average molecular weight is 322 g/mol.